The number of carbonyl (C=O) groups is 2. The van der Waals surface area contributed by atoms with Gasteiger partial charge in [0.25, 0.3) is 5.71 Å². The molecule has 2 amide bonds. The molecule has 1 unspecified atom stereocenters. The molecule has 180 valence electrons. The first-order chi connectivity index (χ1) is 16.9. The summed E-state index contributed by atoms with van der Waals surface area (Å²) < 4.78 is 11.5. The van der Waals surface area contributed by atoms with E-state index in [1.54, 1.807) is 34.9 Å². The van der Waals surface area contributed by atoms with Crippen LogP contribution in [0.1, 0.15) is 30.9 Å². The van der Waals surface area contributed by atoms with Crippen molar-refractivity contribution in [3.05, 3.63) is 79.0 Å². The van der Waals surface area contributed by atoms with Gasteiger partial charge in [0, 0.05) is 17.4 Å². The molecule has 1 aliphatic rings. The molecular weight excluding hydrogens is 442 g/mol. The Balaban J connectivity index is 1.40. The zero-order chi connectivity index (χ0) is 24.9. The summed E-state index contributed by atoms with van der Waals surface area (Å²) in [6, 6.07) is 14.5. The first-order valence-corrected chi connectivity index (χ1v) is 11.7. The highest BCUT2D eigenvalue weighted by atomic mass is 16.5. The SMILES string of the molecule is CCC1C=C[N+](C)=C1C(=O)Nc1cccc(Oc2ccc(NC(=O)c3n(CC)cc[n+]3C)cc2)c1. The first-order valence-electron chi connectivity index (χ1n) is 11.7. The van der Waals surface area contributed by atoms with Gasteiger partial charge in [-0.05, 0) is 55.8 Å². The number of aromatic nitrogens is 2. The predicted molar refractivity (Wildman–Crippen MR) is 135 cm³/mol. The number of hydrogen-bond donors (Lipinski definition) is 2. The van der Waals surface area contributed by atoms with Crippen molar-refractivity contribution >= 4 is 28.9 Å². The highest BCUT2D eigenvalue weighted by Gasteiger charge is 2.32. The van der Waals surface area contributed by atoms with Gasteiger partial charge in [-0.25, -0.2) is 13.7 Å². The number of benzene rings is 2. The molecule has 35 heavy (non-hydrogen) atoms. The summed E-state index contributed by atoms with van der Waals surface area (Å²) >= 11 is 0. The van der Waals surface area contributed by atoms with Gasteiger partial charge in [0.15, 0.2) is 6.20 Å². The average molecular weight is 474 g/mol. The van der Waals surface area contributed by atoms with Crippen molar-refractivity contribution in [2.24, 2.45) is 13.0 Å². The van der Waals surface area contributed by atoms with E-state index < -0.39 is 0 Å². The van der Waals surface area contributed by atoms with Gasteiger partial charge in [-0.1, -0.05) is 13.0 Å². The second kappa shape index (κ2) is 10.4. The van der Waals surface area contributed by atoms with Crippen LogP contribution in [0.2, 0.25) is 0 Å². The molecular formula is C27H31N5O3+2. The number of nitrogens with zero attached hydrogens (tertiary/aromatic N) is 3. The lowest BCUT2D eigenvalue weighted by molar-refractivity contribution is -0.672. The second-order valence-electron chi connectivity index (χ2n) is 8.43. The Morgan fingerprint density at radius 3 is 2.43 bits per heavy atom. The number of aryl methyl sites for hydroxylation is 2. The monoisotopic (exact) mass is 473 g/mol. The summed E-state index contributed by atoms with van der Waals surface area (Å²) in [6.45, 7) is 4.77. The van der Waals surface area contributed by atoms with Crippen LogP contribution < -0.4 is 19.9 Å². The van der Waals surface area contributed by atoms with Gasteiger partial charge < -0.3 is 15.4 Å². The maximum atomic E-state index is 12.8. The van der Waals surface area contributed by atoms with Crippen LogP contribution in [0.3, 0.4) is 0 Å². The number of ether oxygens (including phenoxy) is 1. The highest BCUT2D eigenvalue weighted by Crippen LogP contribution is 2.26. The number of carbonyl (C=O) groups excluding carboxylic acids is 2. The maximum Gasteiger partial charge on any atom is 0.348 e. The van der Waals surface area contributed by atoms with E-state index in [1.165, 1.54) is 0 Å². The van der Waals surface area contributed by atoms with Crippen LogP contribution in [-0.2, 0) is 18.4 Å². The number of imidazole rings is 1. The molecule has 1 aromatic heterocycles. The van der Waals surface area contributed by atoms with Gasteiger partial charge in [-0.3, -0.25) is 9.59 Å². The molecule has 2 aromatic carbocycles. The van der Waals surface area contributed by atoms with E-state index in [0.717, 1.165) is 12.1 Å². The Hall–Kier alpha value is -4.20. The molecule has 0 saturated carbocycles. The zero-order valence-corrected chi connectivity index (χ0v) is 20.5. The Morgan fingerprint density at radius 1 is 0.971 bits per heavy atom. The van der Waals surface area contributed by atoms with Crippen molar-refractivity contribution in [2.75, 3.05) is 17.7 Å². The fraction of sp³-hybridized carbons (Fsp3) is 0.259. The number of rotatable bonds is 8. The fourth-order valence-corrected chi connectivity index (χ4v) is 4.16. The van der Waals surface area contributed by atoms with Crippen molar-refractivity contribution in [3.8, 4) is 11.5 Å². The molecule has 8 nitrogen and oxygen atoms in total. The van der Waals surface area contributed by atoms with Gasteiger partial charge >= 0.3 is 17.6 Å². The van der Waals surface area contributed by atoms with Crippen molar-refractivity contribution in [2.45, 2.75) is 26.8 Å². The molecule has 2 heterocycles. The third-order valence-electron chi connectivity index (χ3n) is 6.01. The molecule has 0 fully saturated rings. The van der Waals surface area contributed by atoms with E-state index >= 15 is 0 Å². The summed E-state index contributed by atoms with van der Waals surface area (Å²) in [5, 5.41) is 5.90. The van der Waals surface area contributed by atoms with E-state index in [2.05, 4.69) is 17.6 Å². The molecule has 4 rings (SSSR count). The number of hydrogen-bond acceptors (Lipinski definition) is 3. The minimum atomic E-state index is -0.178. The van der Waals surface area contributed by atoms with Crippen molar-refractivity contribution < 1.29 is 23.5 Å². The standard InChI is InChI=1S/C27H29N5O3/c1-5-19-14-15-30(3)24(19)25(33)29-21-8-7-9-23(18-21)35-22-12-10-20(11-13-22)28-26(34)27-31(4)16-17-32(27)6-2/h7-19H,5-6H2,1-4H3/p+2. The molecule has 1 atom stereocenters. The third-order valence-corrected chi connectivity index (χ3v) is 6.01. The van der Waals surface area contributed by atoms with Gasteiger partial charge in [-0.2, -0.15) is 0 Å². The van der Waals surface area contributed by atoms with Crippen molar-refractivity contribution in [1.29, 1.82) is 0 Å². The summed E-state index contributed by atoms with van der Waals surface area (Å²) in [6.07, 6.45) is 8.58. The molecule has 0 aliphatic carbocycles. The van der Waals surface area contributed by atoms with Gasteiger partial charge in [0.05, 0.1) is 19.5 Å². The predicted octanol–water partition coefficient (Wildman–Crippen LogP) is 3.95. The minimum absolute atomic E-state index is 0.118. The lowest BCUT2D eigenvalue weighted by Crippen LogP contribution is -2.37. The smallest absolute Gasteiger partial charge is 0.348 e. The Kier molecular flexibility index (Phi) is 7.10. The van der Waals surface area contributed by atoms with Crippen LogP contribution in [0.5, 0.6) is 11.5 Å². The topological polar surface area (TPSA) is 79.2 Å². The quantitative estimate of drug-likeness (QED) is 0.486. The molecule has 0 spiro atoms. The molecule has 0 saturated heterocycles. The second-order valence-corrected chi connectivity index (χ2v) is 8.43. The summed E-state index contributed by atoms with van der Waals surface area (Å²) in [5.74, 6) is 1.62. The first kappa shape index (κ1) is 23.9. The fourth-order valence-electron chi connectivity index (χ4n) is 4.16. The normalized spacial score (nSPS) is 14.8. The minimum Gasteiger partial charge on any atom is -0.457 e. The Morgan fingerprint density at radius 2 is 1.71 bits per heavy atom. The maximum absolute atomic E-state index is 12.8. The van der Waals surface area contributed by atoms with E-state index in [0.29, 0.717) is 35.2 Å². The average Bonchev–Trinajstić information content (AvgIpc) is 3.42. The number of anilines is 2. The number of nitrogens with one attached hydrogen (secondary N) is 2. The summed E-state index contributed by atoms with van der Waals surface area (Å²) in [4.78, 5) is 25.5. The van der Waals surface area contributed by atoms with Crippen LogP contribution in [0.25, 0.3) is 0 Å². The van der Waals surface area contributed by atoms with Crippen LogP contribution in [0.4, 0.5) is 11.4 Å². The van der Waals surface area contributed by atoms with Gasteiger partial charge in [-0.15, -0.1) is 0 Å². The highest BCUT2D eigenvalue weighted by molar-refractivity contribution is 6.42. The van der Waals surface area contributed by atoms with Crippen LogP contribution >= 0.6 is 0 Å². The lowest BCUT2D eigenvalue weighted by Gasteiger charge is -2.11. The zero-order valence-electron chi connectivity index (χ0n) is 20.5. The molecule has 0 bridgehead atoms. The summed E-state index contributed by atoms with van der Waals surface area (Å²) in [5.41, 5.74) is 2.06. The van der Waals surface area contributed by atoms with Crippen LogP contribution in [0, 0.1) is 5.92 Å². The Labute approximate surface area is 205 Å². The van der Waals surface area contributed by atoms with E-state index in [1.807, 2.05) is 73.0 Å². The van der Waals surface area contributed by atoms with Crippen LogP contribution in [-0.4, -0.2) is 33.7 Å². The number of allylic oxidation sites excluding steroid dienone is 1. The molecule has 3 aromatic rings. The molecule has 8 heteroatoms. The van der Waals surface area contributed by atoms with Gasteiger partial charge in [0.1, 0.15) is 30.9 Å². The molecule has 0 radical (unpaired) electrons. The Bertz CT molecular complexity index is 1300. The summed E-state index contributed by atoms with van der Waals surface area (Å²) in [7, 11) is 3.73. The lowest BCUT2D eigenvalue weighted by atomic mass is 10.0. The third kappa shape index (κ3) is 5.32. The van der Waals surface area contributed by atoms with E-state index in [4.69, 9.17) is 4.74 Å². The number of amides is 2. The van der Waals surface area contributed by atoms with Crippen molar-refractivity contribution in [1.82, 2.24) is 4.57 Å². The largest absolute Gasteiger partial charge is 0.457 e. The van der Waals surface area contributed by atoms with Crippen molar-refractivity contribution in [3.63, 3.8) is 0 Å². The van der Waals surface area contributed by atoms with Crippen LogP contribution in [0.15, 0.2) is 73.2 Å². The van der Waals surface area contributed by atoms with Gasteiger partial charge in [0.2, 0.25) is 0 Å². The molecule has 1 aliphatic heterocycles. The molecule has 2 N–H and O–H groups in total. The van der Waals surface area contributed by atoms with E-state index in [9.17, 15) is 9.59 Å². The van der Waals surface area contributed by atoms with E-state index in [-0.39, 0.29) is 17.7 Å².